The lowest BCUT2D eigenvalue weighted by Crippen LogP contribution is -2.57. The molecule has 7 nitrogen and oxygen atoms in total. The summed E-state index contributed by atoms with van der Waals surface area (Å²) >= 11 is 0. The number of barbiturate groups is 1. The molecule has 4 rings (SSSR count). The number of nitrogens with zero attached hydrogens (tertiary/aromatic N) is 3. The summed E-state index contributed by atoms with van der Waals surface area (Å²) in [4.78, 5) is 44.2. The van der Waals surface area contributed by atoms with Gasteiger partial charge < -0.3 is 9.32 Å². The van der Waals surface area contributed by atoms with Crippen LogP contribution in [0.2, 0.25) is 0 Å². The van der Waals surface area contributed by atoms with Crippen molar-refractivity contribution in [2.75, 3.05) is 27.8 Å². The maximum atomic E-state index is 13.4. The van der Waals surface area contributed by atoms with E-state index in [-0.39, 0.29) is 5.57 Å². The Morgan fingerprint density at radius 3 is 1.94 bits per heavy atom. The molecule has 0 unspecified atom stereocenters. The summed E-state index contributed by atoms with van der Waals surface area (Å²) in [5.74, 6) is -0.379. The molecule has 1 fully saturated rings. The van der Waals surface area contributed by atoms with E-state index in [0.29, 0.717) is 23.0 Å². The second-order valence-corrected chi connectivity index (χ2v) is 7.64. The highest BCUT2D eigenvalue weighted by Gasteiger charge is 2.43. The first-order chi connectivity index (χ1) is 15.9. The van der Waals surface area contributed by atoms with Crippen molar-refractivity contribution in [3.8, 4) is 0 Å². The number of carbonyl (C=O) groups excluding carboxylic acids is 3. The zero-order chi connectivity index (χ0) is 23.5. The molecule has 4 amide bonds. The van der Waals surface area contributed by atoms with E-state index in [1.807, 2.05) is 37.8 Å². The summed E-state index contributed by atoms with van der Waals surface area (Å²) in [6, 6.07) is 18.3. The number of imide groups is 2. The molecule has 168 valence electrons. The molecule has 0 spiro atoms. The highest BCUT2D eigenvalue weighted by molar-refractivity contribution is 6.46. The Bertz CT molecular complexity index is 1210. The SMILES string of the molecule is CCN(CC)c1ccc(/C=C2\C(=O)N(c3ccccc3)C(=O)N(c3ccc(C)cc3)C2=O)o1. The molecular formula is C26H25N3O4. The number of furan rings is 1. The van der Waals surface area contributed by atoms with Crippen LogP contribution in [0.1, 0.15) is 25.2 Å². The Morgan fingerprint density at radius 2 is 1.36 bits per heavy atom. The highest BCUT2D eigenvalue weighted by atomic mass is 16.4. The Kier molecular flexibility index (Phi) is 6.13. The van der Waals surface area contributed by atoms with Crippen LogP contribution >= 0.6 is 0 Å². The number of hydrogen-bond acceptors (Lipinski definition) is 5. The molecule has 7 heteroatoms. The predicted molar refractivity (Wildman–Crippen MR) is 128 cm³/mol. The molecule has 0 aliphatic carbocycles. The first-order valence-corrected chi connectivity index (χ1v) is 10.9. The van der Waals surface area contributed by atoms with Gasteiger partial charge in [-0.1, -0.05) is 35.9 Å². The van der Waals surface area contributed by atoms with E-state index in [2.05, 4.69) is 0 Å². The van der Waals surface area contributed by atoms with Gasteiger partial charge in [0.2, 0.25) is 0 Å². The lowest BCUT2D eigenvalue weighted by molar-refractivity contribution is -0.121. The van der Waals surface area contributed by atoms with Gasteiger partial charge >= 0.3 is 6.03 Å². The molecule has 1 aliphatic heterocycles. The Hall–Kier alpha value is -4.13. The van der Waals surface area contributed by atoms with Gasteiger partial charge in [-0.15, -0.1) is 0 Å². The van der Waals surface area contributed by atoms with Gasteiger partial charge in [0, 0.05) is 19.2 Å². The van der Waals surface area contributed by atoms with Crippen molar-refractivity contribution in [2.24, 2.45) is 0 Å². The minimum Gasteiger partial charge on any atom is -0.441 e. The smallest absolute Gasteiger partial charge is 0.343 e. The minimum absolute atomic E-state index is 0.153. The number of benzene rings is 2. The van der Waals surface area contributed by atoms with E-state index in [1.165, 1.54) is 6.08 Å². The van der Waals surface area contributed by atoms with Gasteiger partial charge in [0.1, 0.15) is 11.3 Å². The predicted octanol–water partition coefficient (Wildman–Crippen LogP) is 5.02. The van der Waals surface area contributed by atoms with Gasteiger partial charge in [-0.25, -0.2) is 14.6 Å². The molecule has 33 heavy (non-hydrogen) atoms. The summed E-state index contributed by atoms with van der Waals surface area (Å²) in [7, 11) is 0. The van der Waals surface area contributed by atoms with Gasteiger partial charge in [-0.3, -0.25) is 9.59 Å². The second kappa shape index (κ2) is 9.16. The van der Waals surface area contributed by atoms with Crippen LogP contribution in [-0.4, -0.2) is 30.9 Å². The third-order valence-electron chi connectivity index (χ3n) is 5.53. The van der Waals surface area contributed by atoms with Crippen molar-refractivity contribution < 1.29 is 18.8 Å². The molecular weight excluding hydrogens is 418 g/mol. The van der Waals surface area contributed by atoms with Crippen LogP contribution < -0.4 is 14.7 Å². The lowest BCUT2D eigenvalue weighted by Gasteiger charge is -2.33. The minimum atomic E-state index is -0.722. The fourth-order valence-corrected chi connectivity index (χ4v) is 3.72. The van der Waals surface area contributed by atoms with Crippen molar-refractivity contribution in [1.82, 2.24) is 0 Å². The van der Waals surface area contributed by atoms with E-state index in [0.717, 1.165) is 28.5 Å². The zero-order valence-electron chi connectivity index (χ0n) is 18.8. The average molecular weight is 444 g/mol. The first-order valence-electron chi connectivity index (χ1n) is 10.9. The van der Waals surface area contributed by atoms with Crippen LogP contribution in [-0.2, 0) is 9.59 Å². The van der Waals surface area contributed by atoms with Crippen LogP contribution in [0.3, 0.4) is 0 Å². The molecule has 0 bridgehead atoms. The Morgan fingerprint density at radius 1 is 0.788 bits per heavy atom. The number of anilines is 3. The van der Waals surface area contributed by atoms with E-state index >= 15 is 0 Å². The summed E-state index contributed by atoms with van der Waals surface area (Å²) in [6.07, 6.45) is 1.40. The number of urea groups is 1. The van der Waals surface area contributed by atoms with E-state index in [1.54, 1.807) is 54.6 Å². The number of aryl methyl sites for hydroxylation is 1. The normalized spacial score (nSPS) is 15.5. The van der Waals surface area contributed by atoms with Crippen molar-refractivity contribution in [1.29, 1.82) is 0 Å². The maximum Gasteiger partial charge on any atom is 0.343 e. The van der Waals surface area contributed by atoms with Gasteiger partial charge in [0.15, 0.2) is 5.88 Å². The standard InChI is InChI=1S/C26H25N3O4/c1-4-27(5-2)23-16-15-21(33-23)17-22-24(30)28(19-9-7-6-8-10-19)26(32)29(25(22)31)20-13-11-18(3)12-14-20/h6-17H,4-5H2,1-3H3/b22-17+. The van der Waals surface area contributed by atoms with Gasteiger partial charge in [0.05, 0.1) is 11.4 Å². The zero-order valence-corrected chi connectivity index (χ0v) is 18.8. The van der Waals surface area contributed by atoms with Gasteiger partial charge in [0.25, 0.3) is 11.8 Å². The fraction of sp³-hybridized carbons (Fsp3) is 0.192. The Labute approximate surface area is 192 Å². The van der Waals surface area contributed by atoms with E-state index < -0.39 is 17.8 Å². The number of carbonyl (C=O) groups is 3. The van der Waals surface area contributed by atoms with Crippen molar-refractivity contribution in [3.63, 3.8) is 0 Å². The monoisotopic (exact) mass is 443 g/mol. The van der Waals surface area contributed by atoms with Crippen LogP contribution in [0, 0.1) is 6.92 Å². The van der Waals surface area contributed by atoms with Gasteiger partial charge in [-0.2, -0.15) is 0 Å². The number of amides is 4. The van der Waals surface area contributed by atoms with Crippen molar-refractivity contribution in [2.45, 2.75) is 20.8 Å². The topological polar surface area (TPSA) is 74.1 Å². The average Bonchev–Trinajstić information content (AvgIpc) is 3.28. The molecule has 2 heterocycles. The van der Waals surface area contributed by atoms with Crippen LogP contribution in [0.4, 0.5) is 22.1 Å². The second-order valence-electron chi connectivity index (χ2n) is 7.64. The third kappa shape index (κ3) is 4.17. The summed E-state index contributed by atoms with van der Waals surface area (Å²) in [6.45, 7) is 7.46. The summed E-state index contributed by atoms with van der Waals surface area (Å²) < 4.78 is 5.87. The first kappa shape index (κ1) is 22.1. The fourth-order valence-electron chi connectivity index (χ4n) is 3.72. The van der Waals surface area contributed by atoms with Crippen LogP contribution in [0.25, 0.3) is 6.08 Å². The van der Waals surface area contributed by atoms with Crippen LogP contribution in [0.15, 0.2) is 76.7 Å². The molecule has 1 saturated heterocycles. The summed E-state index contributed by atoms with van der Waals surface area (Å²) in [5.41, 5.74) is 1.60. The molecule has 0 N–H and O–H groups in total. The van der Waals surface area contributed by atoms with Crippen molar-refractivity contribution in [3.05, 3.63) is 83.6 Å². The Balaban J connectivity index is 1.81. The van der Waals surface area contributed by atoms with E-state index in [9.17, 15) is 14.4 Å². The number of rotatable bonds is 6. The largest absolute Gasteiger partial charge is 0.441 e. The highest BCUT2D eigenvalue weighted by Crippen LogP contribution is 2.30. The quantitative estimate of drug-likeness (QED) is 0.395. The van der Waals surface area contributed by atoms with Gasteiger partial charge in [-0.05, 0) is 57.2 Å². The molecule has 0 radical (unpaired) electrons. The maximum absolute atomic E-state index is 13.4. The molecule has 1 aliphatic rings. The van der Waals surface area contributed by atoms with E-state index in [4.69, 9.17) is 4.42 Å². The lowest BCUT2D eigenvalue weighted by atomic mass is 10.1. The molecule has 0 atom stereocenters. The molecule has 0 saturated carbocycles. The number of para-hydroxylation sites is 1. The molecule has 2 aromatic carbocycles. The third-order valence-corrected chi connectivity index (χ3v) is 5.53. The molecule has 3 aromatic rings. The van der Waals surface area contributed by atoms with Crippen molar-refractivity contribution >= 4 is 41.2 Å². The number of hydrogen-bond donors (Lipinski definition) is 0. The van der Waals surface area contributed by atoms with Crippen LogP contribution in [0.5, 0.6) is 0 Å². The summed E-state index contributed by atoms with van der Waals surface area (Å²) in [5, 5.41) is 0. The molecule has 1 aromatic heterocycles.